The molecule has 2 aromatic carbocycles. The highest BCUT2D eigenvalue weighted by Crippen LogP contribution is 2.29. The van der Waals surface area contributed by atoms with Gasteiger partial charge in [-0.05, 0) is 54.1 Å². The monoisotopic (exact) mass is 411 g/mol. The minimum absolute atomic E-state index is 0.555. The molecule has 0 aliphatic heterocycles. The molecule has 0 saturated heterocycles. The summed E-state index contributed by atoms with van der Waals surface area (Å²) in [6.07, 6.45) is 1.67. The van der Waals surface area contributed by atoms with Crippen molar-refractivity contribution in [1.29, 1.82) is 0 Å². The van der Waals surface area contributed by atoms with Crippen LogP contribution in [0.5, 0.6) is 5.75 Å². The van der Waals surface area contributed by atoms with Crippen molar-refractivity contribution in [3.8, 4) is 17.1 Å². The van der Waals surface area contributed by atoms with E-state index in [2.05, 4.69) is 20.8 Å². The van der Waals surface area contributed by atoms with E-state index < -0.39 is 0 Å². The summed E-state index contributed by atoms with van der Waals surface area (Å²) >= 11 is 7.71. The molecule has 0 bridgehead atoms. The molecule has 0 saturated carbocycles. The quantitative estimate of drug-likeness (QED) is 0.373. The van der Waals surface area contributed by atoms with Crippen LogP contribution in [-0.4, -0.2) is 21.9 Å². The van der Waals surface area contributed by atoms with Crippen LogP contribution in [-0.2, 0) is 12.3 Å². The van der Waals surface area contributed by atoms with Crippen LogP contribution in [0.1, 0.15) is 11.3 Å². The smallest absolute Gasteiger partial charge is 0.192 e. The average molecular weight is 412 g/mol. The summed E-state index contributed by atoms with van der Waals surface area (Å²) in [7, 11) is 1.65. The van der Waals surface area contributed by atoms with Gasteiger partial charge in [0.25, 0.3) is 0 Å². The molecule has 4 rings (SSSR count). The molecule has 0 fully saturated rings. The molecule has 0 aliphatic carbocycles. The van der Waals surface area contributed by atoms with E-state index >= 15 is 0 Å². The second-order valence-electron chi connectivity index (χ2n) is 6.12. The number of hydrogen-bond acceptors (Lipinski definition) is 5. The number of halogens is 1. The van der Waals surface area contributed by atoms with Crippen LogP contribution in [0, 0.1) is 0 Å². The number of methoxy groups -OCH3 is 1. The van der Waals surface area contributed by atoms with E-state index in [4.69, 9.17) is 20.8 Å². The lowest BCUT2D eigenvalue weighted by Crippen LogP contribution is -2.03. The van der Waals surface area contributed by atoms with Gasteiger partial charge >= 0.3 is 0 Å². The SMILES string of the molecule is COc1ccc(-c2nnc(SCc3cccc(Cl)c3)n2Cc2ccco2)cc1. The summed E-state index contributed by atoms with van der Waals surface area (Å²) in [6, 6.07) is 19.5. The van der Waals surface area contributed by atoms with Crippen molar-refractivity contribution >= 4 is 23.4 Å². The molecular formula is C21H18ClN3O2S. The van der Waals surface area contributed by atoms with Crippen LogP contribution in [0.15, 0.2) is 76.5 Å². The lowest BCUT2D eigenvalue weighted by atomic mass is 10.2. The van der Waals surface area contributed by atoms with Crippen molar-refractivity contribution in [1.82, 2.24) is 14.8 Å². The number of aromatic nitrogens is 3. The fraction of sp³-hybridized carbons (Fsp3) is 0.143. The van der Waals surface area contributed by atoms with Crippen molar-refractivity contribution in [3.05, 3.63) is 83.3 Å². The highest BCUT2D eigenvalue weighted by atomic mass is 35.5. The summed E-state index contributed by atoms with van der Waals surface area (Å²) < 4.78 is 12.9. The Morgan fingerprint density at radius 3 is 2.64 bits per heavy atom. The molecule has 0 spiro atoms. The highest BCUT2D eigenvalue weighted by Gasteiger charge is 2.16. The van der Waals surface area contributed by atoms with Gasteiger partial charge in [0.15, 0.2) is 11.0 Å². The minimum Gasteiger partial charge on any atom is -0.497 e. The zero-order valence-corrected chi connectivity index (χ0v) is 16.8. The number of ether oxygens (including phenoxy) is 1. The van der Waals surface area contributed by atoms with E-state index in [0.29, 0.717) is 6.54 Å². The molecule has 0 amide bonds. The Bertz CT molecular complexity index is 1050. The third-order valence-corrected chi connectivity index (χ3v) is 5.49. The van der Waals surface area contributed by atoms with E-state index in [-0.39, 0.29) is 0 Å². The Balaban J connectivity index is 1.64. The number of rotatable bonds is 7. The fourth-order valence-electron chi connectivity index (χ4n) is 2.82. The summed E-state index contributed by atoms with van der Waals surface area (Å²) in [4.78, 5) is 0. The fourth-order valence-corrected chi connectivity index (χ4v) is 3.92. The molecular weight excluding hydrogens is 394 g/mol. The number of furan rings is 1. The molecule has 5 nitrogen and oxygen atoms in total. The van der Waals surface area contributed by atoms with E-state index in [0.717, 1.165) is 44.4 Å². The molecule has 28 heavy (non-hydrogen) atoms. The summed E-state index contributed by atoms with van der Waals surface area (Å²) in [6.45, 7) is 0.555. The third kappa shape index (κ3) is 4.24. The van der Waals surface area contributed by atoms with Gasteiger partial charge in [0.05, 0.1) is 19.9 Å². The van der Waals surface area contributed by atoms with Crippen LogP contribution in [0.25, 0.3) is 11.4 Å². The average Bonchev–Trinajstić information content (AvgIpc) is 3.37. The van der Waals surface area contributed by atoms with Gasteiger partial charge in [-0.2, -0.15) is 0 Å². The van der Waals surface area contributed by atoms with E-state index in [1.165, 1.54) is 0 Å². The molecule has 7 heteroatoms. The molecule has 0 radical (unpaired) electrons. The number of benzene rings is 2. The van der Waals surface area contributed by atoms with Crippen molar-refractivity contribution in [2.45, 2.75) is 17.5 Å². The largest absolute Gasteiger partial charge is 0.497 e. The number of nitrogens with zero attached hydrogens (tertiary/aromatic N) is 3. The third-order valence-electron chi connectivity index (χ3n) is 4.22. The van der Waals surface area contributed by atoms with Gasteiger partial charge in [-0.15, -0.1) is 10.2 Å². The minimum atomic E-state index is 0.555. The van der Waals surface area contributed by atoms with Crippen molar-refractivity contribution in [2.75, 3.05) is 7.11 Å². The van der Waals surface area contributed by atoms with Gasteiger partial charge < -0.3 is 9.15 Å². The highest BCUT2D eigenvalue weighted by molar-refractivity contribution is 7.98. The molecule has 0 aliphatic rings. The van der Waals surface area contributed by atoms with Gasteiger partial charge in [0.2, 0.25) is 0 Å². The summed E-state index contributed by atoms with van der Waals surface area (Å²) in [5, 5.41) is 10.4. The Morgan fingerprint density at radius 1 is 1.07 bits per heavy atom. The number of hydrogen-bond donors (Lipinski definition) is 0. The second kappa shape index (κ2) is 8.54. The van der Waals surface area contributed by atoms with Crippen molar-refractivity contribution < 1.29 is 9.15 Å². The maximum absolute atomic E-state index is 6.10. The molecule has 4 aromatic rings. The predicted molar refractivity (Wildman–Crippen MR) is 111 cm³/mol. The van der Waals surface area contributed by atoms with Gasteiger partial charge in [0, 0.05) is 16.3 Å². The Kier molecular flexibility index (Phi) is 5.69. The molecule has 2 heterocycles. The first-order valence-electron chi connectivity index (χ1n) is 8.70. The Hall–Kier alpha value is -2.70. The molecule has 142 valence electrons. The topological polar surface area (TPSA) is 53.1 Å². The first kappa shape index (κ1) is 18.7. The first-order valence-corrected chi connectivity index (χ1v) is 10.1. The van der Waals surface area contributed by atoms with Gasteiger partial charge in [-0.25, -0.2) is 0 Å². The standard InChI is InChI=1S/C21H18ClN3O2S/c1-26-18-9-7-16(8-10-18)20-23-24-21(25(20)13-19-6-3-11-27-19)28-14-15-4-2-5-17(22)12-15/h2-12H,13-14H2,1H3. The second-order valence-corrected chi connectivity index (χ2v) is 7.50. The van der Waals surface area contributed by atoms with Crippen LogP contribution in [0.3, 0.4) is 0 Å². The van der Waals surface area contributed by atoms with Crippen molar-refractivity contribution in [3.63, 3.8) is 0 Å². The van der Waals surface area contributed by atoms with Crippen LogP contribution in [0.4, 0.5) is 0 Å². The van der Waals surface area contributed by atoms with E-state index in [1.807, 2.05) is 54.6 Å². The number of thioether (sulfide) groups is 1. The van der Waals surface area contributed by atoms with Gasteiger partial charge in [0.1, 0.15) is 11.5 Å². The van der Waals surface area contributed by atoms with Crippen LogP contribution < -0.4 is 4.74 Å². The molecule has 2 aromatic heterocycles. The maximum Gasteiger partial charge on any atom is 0.192 e. The predicted octanol–water partition coefficient (Wildman–Crippen LogP) is 5.54. The molecule has 0 atom stereocenters. The molecule has 0 unspecified atom stereocenters. The summed E-state index contributed by atoms with van der Waals surface area (Å²) in [5.74, 6) is 3.18. The maximum atomic E-state index is 6.10. The van der Waals surface area contributed by atoms with E-state index in [1.54, 1.807) is 25.1 Å². The lowest BCUT2D eigenvalue weighted by Gasteiger charge is -2.09. The Labute approximate surface area is 172 Å². The molecule has 0 N–H and O–H groups in total. The van der Waals surface area contributed by atoms with Crippen LogP contribution in [0.2, 0.25) is 5.02 Å². The normalized spacial score (nSPS) is 10.9. The lowest BCUT2D eigenvalue weighted by molar-refractivity contribution is 0.415. The zero-order valence-electron chi connectivity index (χ0n) is 15.2. The zero-order chi connectivity index (χ0) is 19.3. The van der Waals surface area contributed by atoms with Crippen LogP contribution >= 0.6 is 23.4 Å². The Morgan fingerprint density at radius 2 is 1.93 bits per heavy atom. The van der Waals surface area contributed by atoms with Crippen molar-refractivity contribution in [2.24, 2.45) is 0 Å². The summed E-state index contributed by atoms with van der Waals surface area (Å²) in [5.41, 5.74) is 2.10. The van der Waals surface area contributed by atoms with E-state index in [9.17, 15) is 0 Å². The van der Waals surface area contributed by atoms with Gasteiger partial charge in [-0.3, -0.25) is 4.57 Å². The first-order chi connectivity index (χ1) is 13.7. The van der Waals surface area contributed by atoms with Gasteiger partial charge in [-0.1, -0.05) is 35.5 Å².